The molecule has 0 atom stereocenters. The smallest absolute Gasteiger partial charge is 0.303 e. The predicted molar refractivity (Wildman–Crippen MR) is 83.7 cm³/mol. The zero-order valence-corrected chi connectivity index (χ0v) is 13.6. The summed E-state index contributed by atoms with van der Waals surface area (Å²) in [6.07, 6.45) is 8.64. The number of nitrogens with zero attached hydrogens (tertiary/aromatic N) is 1. The van der Waals surface area contributed by atoms with E-state index in [4.69, 9.17) is 5.11 Å². The summed E-state index contributed by atoms with van der Waals surface area (Å²) >= 11 is 0. The van der Waals surface area contributed by atoms with Gasteiger partial charge >= 0.3 is 5.97 Å². The molecule has 0 aliphatic heterocycles. The van der Waals surface area contributed by atoms with Gasteiger partial charge in [-0.3, -0.25) is 4.79 Å². The minimum Gasteiger partial charge on any atom is -0.481 e. The third-order valence-corrected chi connectivity index (χ3v) is 3.34. The van der Waals surface area contributed by atoms with Crippen molar-refractivity contribution < 1.29 is 9.90 Å². The molecule has 116 valence electrons. The Morgan fingerprint density at radius 3 is 1.53 bits per heavy atom. The number of carbonyl (C=O) groups is 1. The third-order valence-electron chi connectivity index (χ3n) is 3.34. The molecule has 0 aliphatic carbocycles. The van der Waals surface area contributed by atoms with Gasteiger partial charge in [0, 0.05) is 6.42 Å². The number of hydrogen-bond acceptors (Lipinski definition) is 2. The number of rotatable bonds is 11. The number of hydrogen-bond donors (Lipinski definition) is 1. The van der Waals surface area contributed by atoms with Crippen molar-refractivity contribution in [2.24, 2.45) is 0 Å². The number of carboxylic acids is 1. The summed E-state index contributed by atoms with van der Waals surface area (Å²) in [6.45, 7) is 12.3. The van der Waals surface area contributed by atoms with Crippen LogP contribution in [0.15, 0.2) is 0 Å². The van der Waals surface area contributed by atoms with Gasteiger partial charge in [-0.2, -0.15) is 0 Å². The van der Waals surface area contributed by atoms with E-state index < -0.39 is 5.97 Å². The van der Waals surface area contributed by atoms with E-state index in [0.717, 1.165) is 12.8 Å². The first-order chi connectivity index (χ1) is 9.12. The van der Waals surface area contributed by atoms with Crippen LogP contribution in [0.4, 0.5) is 0 Å². The molecule has 0 bridgehead atoms. The van der Waals surface area contributed by atoms with Crippen LogP contribution in [0, 0.1) is 0 Å². The molecular weight excluding hydrogens is 238 g/mol. The van der Waals surface area contributed by atoms with Crippen LogP contribution in [-0.4, -0.2) is 35.6 Å². The van der Waals surface area contributed by atoms with E-state index in [1.54, 1.807) is 0 Å². The van der Waals surface area contributed by atoms with Gasteiger partial charge in [0.2, 0.25) is 0 Å². The van der Waals surface area contributed by atoms with E-state index in [2.05, 4.69) is 32.6 Å². The minimum atomic E-state index is -0.663. The molecule has 0 heterocycles. The Hall–Kier alpha value is -0.570. The lowest BCUT2D eigenvalue weighted by Crippen LogP contribution is -2.21. The molecule has 0 fully saturated rings. The number of carboxylic acid groups (broad SMARTS) is 1. The Labute approximate surface area is 120 Å². The van der Waals surface area contributed by atoms with Gasteiger partial charge in [-0.25, -0.2) is 0 Å². The summed E-state index contributed by atoms with van der Waals surface area (Å²) in [5, 5.41) is 8.35. The van der Waals surface area contributed by atoms with Gasteiger partial charge in [0.25, 0.3) is 0 Å². The van der Waals surface area contributed by atoms with Crippen molar-refractivity contribution in [1.29, 1.82) is 0 Å². The SMILES string of the molecule is CCCCCCCCCC(=O)O.CCN(CC)CC. The average Bonchev–Trinajstić information content (AvgIpc) is 2.40. The molecule has 0 aromatic rings. The highest BCUT2D eigenvalue weighted by atomic mass is 16.4. The quantitative estimate of drug-likeness (QED) is 0.561. The molecule has 3 heteroatoms. The Morgan fingerprint density at radius 2 is 1.21 bits per heavy atom. The summed E-state index contributed by atoms with van der Waals surface area (Å²) in [6, 6.07) is 0. The van der Waals surface area contributed by atoms with Gasteiger partial charge < -0.3 is 10.0 Å². The van der Waals surface area contributed by atoms with Crippen molar-refractivity contribution in [2.45, 2.75) is 79.1 Å². The standard InChI is InChI=1S/C10H20O2.C6H15N/c1-2-3-4-5-6-7-8-9-10(11)12;1-4-7(5-2)6-3/h2-9H2,1H3,(H,11,12);4-6H2,1-3H3. The number of unbranched alkanes of at least 4 members (excludes halogenated alkanes) is 6. The van der Waals surface area contributed by atoms with Gasteiger partial charge in [0.05, 0.1) is 0 Å². The van der Waals surface area contributed by atoms with Crippen molar-refractivity contribution >= 4 is 5.97 Å². The second-order valence-electron chi connectivity index (χ2n) is 4.88. The van der Waals surface area contributed by atoms with E-state index in [1.165, 1.54) is 51.7 Å². The molecule has 19 heavy (non-hydrogen) atoms. The van der Waals surface area contributed by atoms with Crippen LogP contribution in [0.2, 0.25) is 0 Å². The van der Waals surface area contributed by atoms with Crippen molar-refractivity contribution in [1.82, 2.24) is 4.90 Å². The first kappa shape index (κ1) is 20.7. The molecule has 0 rings (SSSR count). The Balaban J connectivity index is 0. The lowest BCUT2D eigenvalue weighted by atomic mass is 10.1. The highest BCUT2D eigenvalue weighted by Gasteiger charge is 1.95. The molecule has 0 radical (unpaired) electrons. The van der Waals surface area contributed by atoms with Gasteiger partial charge in [-0.1, -0.05) is 66.2 Å². The van der Waals surface area contributed by atoms with Crippen LogP contribution in [0.5, 0.6) is 0 Å². The normalized spacial score (nSPS) is 10.2. The molecular formula is C16H35NO2. The van der Waals surface area contributed by atoms with Gasteiger partial charge in [-0.05, 0) is 26.1 Å². The summed E-state index contributed by atoms with van der Waals surface area (Å²) in [5.41, 5.74) is 0. The lowest BCUT2D eigenvalue weighted by Gasteiger charge is -2.13. The molecule has 0 aromatic heterocycles. The van der Waals surface area contributed by atoms with E-state index in [-0.39, 0.29) is 0 Å². The zero-order valence-electron chi connectivity index (χ0n) is 13.6. The topological polar surface area (TPSA) is 40.5 Å². The van der Waals surface area contributed by atoms with Crippen molar-refractivity contribution in [3.63, 3.8) is 0 Å². The predicted octanol–water partition coefficient (Wildman–Crippen LogP) is 4.56. The van der Waals surface area contributed by atoms with Gasteiger partial charge in [-0.15, -0.1) is 0 Å². The zero-order chi connectivity index (χ0) is 14.9. The minimum absolute atomic E-state index is 0.341. The summed E-state index contributed by atoms with van der Waals surface area (Å²) in [5.74, 6) is -0.663. The molecule has 0 saturated heterocycles. The van der Waals surface area contributed by atoms with Crippen LogP contribution < -0.4 is 0 Å². The second-order valence-corrected chi connectivity index (χ2v) is 4.88. The Morgan fingerprint density at radius 1 is 0.789 bits per heavy atom. The maximum Gasteiger partial charge on any atom is 0.303 e. The van der Waals surface area contributed by atoms with Gasteiger partial charge in [0.1, 0.15) is 0 Å². The van der Waals surface area contributed by atoms with E-state index in [9.17, 15) is 4.79 Å². The molecule has 0 aromatic carbocycles. The largest absolute Gasteiger partial charge is 0.481 e. The van der Waals surface area contributed by atoms with Crippen molar-refractivity contribution in [3.05, 3.63) is 0 Å². The average molecular weight is 273 g/mol. The Kier molecular flexibility index (Phi) is 19.0. The molecule has 0 saturated carbocycles. The highest BCUT2D eigenvalue weighted by molar-refractivity contribution is 5.66. The van der Waals surface area contributed by atoms with E-state index in [1.807, 2.05) is 0 Å². The van der Waals surface area contributed by atoms with Gasteiger partial charge in [0.15, 0.2) is 0 Å². The highest BCUT2D eigenvalue weighted by Crippen LogP contribution is 2.07. The van der Waals surface area contributed by atoms with Crippen LogP contribution >= 0.6 is 0 Å². The second kappa shape index (κ2) is 17.4. The maximum absolute atomic E-state index is 10.1. The fourth-order valence-corrected chi connectivity index (χ4v) is 1.90. The Bertz CT molecular complexity index is 174. The fourth-order valence-electron chi connectivity index (χ4n) is 1.90. The van der Waals surface area contributed by atoms with Crippen LogP contribution in [0.1, 0.15) is 79.1 Å². The van der Waals surface area contributed by atoms with Crippen molar-refractivity contribution in [2.75, 3.05) is 19.6 Å². The van der Waals surface area contributed by atoms with Crippen molar-refractivity contribution in [3.8, 4) is 0 Å². The molecule has 3 nitrogen and oxygen atoms in total. The molecule has 0 spiro atoms. The first-order valence-electron chi connectivity index (χ1n) is 8.06. The van der Waals surface area contributed by atoms with E-state index >= 15 is 0 Å². The van der Waals surface area contributed by atoms with Crippen LogP contribution in [0.25, 0.3) is 0 Å². The lowest BCUT2D eigenvalue weighted by molar-refractivity contribution is -0.137. The summed E-state index contributed by atoms with van der Waals surface area (Å²) in [7, 11) is 0. The summed E-state index contributed by atoms with van der Waals surface area (Å²) < 4.78 is 0. The third kappa shape index (κ3) is 19.9. The fraction of sp³-hybridized carbons (Fsp3) is 0.938. The monoisotopic (exact) mass is 273 g/mol. The van der Waals surface area contributed by atoms with E-state index in [0.29, 0.717) is 6.42 Å². The molecule has 0 unspecified atom stereocenters. The molecule has 0 amide bonds. The summed E-state index contributed by atoms with van der Waals surface area (Å²) in [4.78, 5) is 12.5. The first-order valence-corrected chi connectivity index (χ1v) is 8.06. The maximum atomic E-state index is 10.1. The van der Waals surface area contributed by atoms with Crippen LogP contribution in [0.3, 0.4) is 0 Å². The number of aliphatic carboxylic acids is 1. The molecule has 0 aliphatic rings. The molecule has 1 N–H and O–H groups in total. The van der Waals surface area contributed by atoms with Crippen LogP contribution in [-0.2, 0) is 4.79 Å².